The minimum Gasteiger partial charge on any atom is -0.507 e. The van der Waals surface area contributed by atoms with Gasteiger partial charge in [0.15, 0.2) is 11.6 Å². The third-order valence-electron chi connectivity index (χ3n) is 3.97. The summed E-state index contributed by atoms with van der Waals surface area (Å²) >= 11 is 3.13. The number of hydrogen-bond acceptors (Lipinski definition) is 7. The number of ether oxygens (including phenoxy) is 1. The van der Waals surface area contributed by atoms with E-state index >= 15 is 0 Å². The van der Waals surface area contributed by atoms with Crippen LogP contribution in [0.2, 0.25) is 0 Å². The molecule has 0 amide bonds. The van der Waals surface area contributed by atoms with Crippen LogP contribution in [0.4, 0.5) is 0 Å². The molecule has 1 aromatic heterocycles. The standard InChI is InChI=1S/C23H26O5S2/c1-5-27-20-14-16(13-19(26)21(20)15(4)24)22(23(29-6-2)30-7-3)18(25)11-10-17-9-8-12-28-17/h8-14,26H,5-7H2,1-4H3/b11-10+. The first kappa shape index (κ1) is 23.9. The molecule has 5 nitrogen and oxygen atoms in total. The molecule has 0 spiro atoms. The Morgan fingerprint density at radius 1 is 1.17 bits per heavy atom. The van der Waals surface area contributed by atoms with Crippen LogP contribution in [-0.2, 0) is 4.79 Å². The summed E-state index contributed by atoms with van der Waals surface area (Å²) in [6.07, 6.45) is 4.61. The van der Waals surface area contributed by atoms with E-state index in [0.717, 1.165) is 15.7 Å². The van der Waals surface area contributed by atoms with Gasteiger partial charge in [0, 0.05) is 5.57 Å². The second kappa shape index (κ2) is 11.7. The number of allylic oxidation sites excluding steroid dienone is 2. The molecule has 30 heavy (non-hydrogen) atoms. The second-order valence-corrected chi connectivity index (χ2v) is 8.91. The number of carbonyl (C=O) groups is 2. The maximum absolute atomic E-state index is 13.2. The number of ketones is 2. The molecule has 0 aliphatic rings. The van der Waals surface area contributed by atoms with Crippen LogP contribution in [0.3, 0.4) is 0 Å². The van der Waals surface area contributed by atoms with E-state index in [1.54, 1.807) is 61.0 Å². The van der Waals surface area contributed by atoms with Crippen LogP contribution in [0.1, 0.15) is 49.4 Å². The smallest absolute Gasteiger partial charge is 0.188 e. The predicted octanol–water partition coefficient (Wildman–Crippen LogP) is 6.04. The van der Waals surface area contributed by atoms with E-state index in [-0.39, 0.29) is 28.6 Å². The number of phenols is 1. The second-order valence-electron chi connectivity index (χ2n) is 6.10. The van der Waals surface area contributed by atoms with Gasteiger partial charge in [0.05, 0.1) is 17.1 Å². The van der Waals surface area contributed by atoms with Crippen molar-refractivity contribution < 1.29 is 23.8 Å². The minimum atomic E-state index is -0.303. The molecule has 2 rings (SSSR count). The van der Waals surface area contributed by atoms with E-state index in [1.807, 2.05) is 13.8 Å². The zero-order chi connectivity index (χ0) is 22.1. The van der Waals surface area contributed by atoms with Crippen LogP contribution < -0.4 is 4.74 Å². The number of furan rings is 1. The first-order valence-electron chi connectivity index (χ1n) is 9.69. The molecule has 0 saturated heterocycles. The first-order valence-corrected chi connectivity index (χ1v) is 11.7. The van der Waals surface area contributed by atoms with E-state index in [9.17, 15) is 14.7 Å². The average molecular weight is 447 g/mol. The third kappa shape index (κ3) is 6.06. The van der Waals surface area contributed by atoms with Gasteiger partial charge in [-0.05, 0) is 67.3 Å². The monoisotopic (exact) mass is 446 g/mol. The molecule has 0 aliphatic carbocycles. The molecule has 160 valence electrons. The van der Waals surface area contributed by atoms with Gasteiger partial charge in [-0.2, -0.15) is 0 Å². The Balaban J connectivity index is 2.65. The number of carbonyl (C=O) groups excluding carboxylic acids is 2. The molecule has 7 heteroatoms. The van der Waals surface area contributed by atoms with E-state index in [0.29, 0.717) is 23.5 Å². The number of phenolic OH excluding ortho intramolecular Hbond substituents is 1. The number of thioether (sulfide) groups is 2. The molecule has 1 N–H and O–H groups in total. The SMILES string of the molecule is CCOc1cc(C(C(=O)/C=C/c2ccco2)=C(SCC)SCC)cc(O)c1C(C)=O. The molecule has 1 aromatic carbocycles. The lowest BCUT2D eigenvalue weighted by atomic mass is 9.98. The molecule has 1 heterocycles. The van der Waals surface area contributed by atoms with Crippen LogP contribution >= 0.6 is 23.5 Å². The Morgan fingerprint density at radius 3 is 2.40 bits per heavy atom. The quantitative estimate of drug-likeness (QED) is 0.333. The number of aromatic hydroxyl groups is 1. The molecule has 0 atom stereocenters. The van der Waals surface area contributed by atoms with Crippen LogP contribution in [0.15, 0.2) is 45.3 Å². The predicted molar refractivity (Wildman–Crippen MR) is 125 cm³/mol. The van der Waals surface area contributed by atoms with Crippen LogP contribution in [0.25, 0.3) is 11.6 Å². The Labute approximate surface area is 185 Å². The molecular formula is C23H26O5S2. The summed E-state index contributed by atoms with van der Waals surface area (Å²) in [6, 6.07) is 6.62. The summed E-state index contributed by atoms with van der Waals surface area (Å²) in [5.74, 6) is 1.69. The topological polar surface area (TPSA) is 76.7 Å². The fraction of sp³-hybridized carbons (Fsp3) is 0.304. The molecule has 0 unspecified atom stereocenters. The lowest BCUT2D eigenvalue weighted by molar-refractivity contribution is -0.109. The molecule has 0 saturated carbocycles. The highest BCUT2D eigenvalue weighted by atomic mass is 32.2. The number of hydrogen-bond donors (Lipinski definition) is 1. The summed E-state index contributed by atoms with van der Waals surface area (Å²) in [4.78, 5) is 25.2. The average Bonchev–Trinajstić information content (AvgIpc) is 3.20. The lowest BCUT2D eigenvalue weighted by Gasteiger charge is -2.16. The van der Waals surface area contributed by atoms with Crippen molar-refractivity contribution in [3.8, 4) is 11.5 Å². The van der Waals surface area contributed by atoms with Crippen molar-refractivity contribution in [2.75, 3.05) is 18.1 Å². The number of rotatable bonds is 11. The van der Waals surface area contributed by atoms with Gasteiger partial charge in [0.2, 0.25) is 0 Å². The summed E-state index contributed by atoms with van der Waals surface area (Å²) in [5, 5.41) is 10.5. The number of benzene rings is 1. The van der Waals surface area contributed by atoms with Gasteiger partial charge in [-0.25, -0.2) is 0 Å². The van der Waals surface area contributed by atoms with E-state index in [1.165, 1.54) is 19.1 Å². The van der Waals surface area contributed by atoms with Gasteiger partial charge in [-0.3, -0.25) is 9.59 Å². The molecular weight excluding hydrogens is 420 g/mol. The van der Waals surface area contributed by atoms with Gasteiger partial charge in [-0.1, -0.05) is 13.8 Å². The third-order valence-corrected chi connectivity index (χ3v) is 6.18. The fourth-order valence-corrected chi connectivity index (χ4v) is 5.09. The van der Waals surface area contributed by atoms with E-state index < -0.39 is 0 Å². The van der Waals surface area contributed by atoms with Gasteiger partial charge in [0.1, 0.15) is 22.8 Å². The molecule has 0 aliphatic heterocycles. The minimum absolute atomic E-state index is 0.117. The normalized spacial score (nSPS) is 10.9. The zero-order valence-electron chi connectivity index (χ0n) is 17.6. The molecule has 0 fully saturated rings. The van der Waals surface area contributed by atoms with Crippen molar-refractivity contribution in [3.63, 3.8) is 0 Å². The van der Waals surface area contributed by atoms with Crippen LogP contribution in [0, 0.1) is 0 Å². The summed E-state index contributed by atoms with van der Waals surface area (Å²) in [5.41, 5.74) is 1.08. The molecule has 0 bridgehead atoms. The van der Waals surface area contributed by atoms with Crippen molar-refractivity contribution in [1.29, 1.82) is 0 Å². The van der Waals surface area contributed by atoms with Crippen LogP contribution in [-0.4, -0.2) is 34.8 Å². The highest BCUT2D eigenvalue weighted by molar-refractivity contribution is 8.22. The maximum atomic E-state index is 13.2. The summed E-state index contributed by atoms with van der Waals surface area (Å²) < 4.78 is 11.7. The van der Waals surface area contributed by atoms with Gasteiger partial charge in [-0.15, -0.1) is 23.5 Å². The molecule has 0 radical (unpaired) electrons. The fourth-order valence-electron chi connectivity index (χ4n) is 2.80. The van der Waals surface area contributed by atoms with Gasteiger partial charge >= 0.3 is 0 Å². The van der Waals surface area contributed by atoms with Gasteiger partial charge < -0.3 is 14.3 Å². The summed E-state index contributed by atoms with van der Waals surface area (Å²) in [7, 11) is 0. The first-order chi connectivity index (χ1) is 14.4. The molecule has 2 aromatic rings. The van der Waals surface area contributed by atoms with Crippen molar-refractivity contribution >= 4 is 46.7 Å². The Bertz CT molecular complexity index is 935. The number of Topliss-reactive ketones (excluding diaryl/α,β-unsaturated/α-hetero) is 1. The Hall–Kier alpha value is -2.38. The van der Waals surface area contributed by atoms with Crippen molar-refractivity contribution in [2.24, 2.45) is 0 Å². The lowest BCUT2D eigenvalue weighted by Crippen LogP contribution is -2.05. The van der Waals surface area contributed by atoms with Gasteiger partial charge in [0.25, 0.3) is 0 Å². The highest BCUT2D eigenvalue weighted by Gasteiger charge is 2.22. The highest BCUT2D eigenvalue weighted by Crippen LogP contribution is 2.40. The summed E-state index contributed by atoms with van der Waals surface area (Å²) in [6.45, 7) is 7.53. The van der Waals surface area contributed by atoms with Crippen molar-refractivity contribution in [3.05, 3.63) is 57.7 Å². The largest absolute Gasteiger partial charge is 0.507 e. The Kier molecular flexibility index (Phi) is 9.33. The zero-order valence-corrected chi connectivity index (χ0v) is 19.2. The maximum Gasteiger partial charge on any atom is 0.188 e. The van der Waals surface area contributed by atoms with Crippen molar-refractivity contribution in [2.45, 2.75) is 27.7 Å². The van der Waals surface area contributed by atoms with Crippen LogP contribution in [0.5, 0.6) is 11.5 Å². The Morgan fingerprint density at radius 2 is 1.87 bits per heavy atom. The van der Waals surface area contributed by atoms with E-state index in [2.05, 4.69) is 0 Å². The van der Waals surface area contributed by atoms with Crippen molar-refractivity contribution in [1.82, 2.24) is 0 Å². The van der Waals surface area contributed by atoms with E-state index in [4.69, 9.17) is 9.15 Å².